The molecular formula is C22H24N4O2S. The zero-order valence-corrected chi connectivity index (χ0v) is 17.0. The second-order valence-corrected chi connectivity index (χ2v) is 7.58. The fourth-order valence-electron chi connectivity index (χ4n) is 3.53. The van der Waals surface area contributed by atoms with Crippen LogP contribution in [0, 0.1) is 0 Å². The molecule has 1 saturated heterocycles. The molecule has 7 heteroatoms. The summed E-state index contributed by atoms with van der Waals surface area (Å²) >= 11 is 5.68. The molecule has 2 heterocycles. The number of nitrogens with zero attached hydrogens (tertiary/aromatic N) is 2. The van der Waals surface area contributed by atoms with Gasteiger partial charge in [-0.3, -0.25) is 4.79 Å². The average Bonchev–Trinajstić information content (AvgIpc) is 3.25. The van der Waals surface area contributed by atoms with E-state index in [2.05, 4.69) is 27.4 Å². The SMILES string of the molecule is O=c1[nH]c(CN(C[C@H]2CCCO2)C(=S)NCc2ccccc2)nc2ccccc12. The Bertz CT molecular complexity index is 1030. The molecule has 4 rings (SSSR count). The summed E-state index contributed by atoms with van der Waals surface area (Å²) in [6, 6.07) is 17.5. The third-order valence-electron chi connectivity index (χ3n) is 5.02. The van der Waals surface area contributed by atoms with Crippen molar-refractivity contribution in [3.8, 4) is 0 Å². The van der Waals surface area contributed by atoms with Gasteiger partial charge < -0.3 is 19.9 Å². The van der Waals surface area contributed by atoms with Gasteiger partial charge in [0.15, 0.2) is 5.11 Å². The maximum Gasteiger partial charge on any atom is 0.258 e. The van der Waals surface area contributed by atoms with Crippen LogP contribution >= 0.6 is 12.2 Å². The molecule has 0 amide bonds. The van der Waals surface area contributed by atoms with Crippen molar-refractivity contribution in [3.05, 3.63) is 76.3 Å². The lowest BCUT2D eigenvalue weighted by molar-refractivity contribution is 0.0892. The number of hydrogen-bond donors (Lipinski definition) is 2. The van der Waals surface area contributed by atoms with E-state index in [0.29, 0.717) is 41.5 Å². The standard InChI is InChI=1S/C22H24N4O2S/c27-21-18-10-4-5-11-19(18)24-20(25-21)15-26(14-17-9-6-12-28-17)22(29)23-13-16-7-2-1-3-8-16/h1-5,7-8,10-11,17H,6,9,12-15H2,(H,23,29)(H,24,25,27)/t17-/m1/s1. The Morgan fingerprint density at radius 3 is 2.79 bits per heavy atom. The van der Waals surface area contributed by atoms with E-state index < -0.39 is 0 Å². The van der Waals surface area contributed by atoms with Crippen molar-refractivity contribution in [2.24, 2.45) is 0 Å². The van der Waals surface area contributed by atoms with Crippen molar-refractivity contribution in [1.29, 1.82) is 0 Å². The second kappa shape index (κ2) is 9.15. The molecule has 6 nitrogen and oxygen atoms in total. The van der Waals surface area contributed by atoms with E-state index in [1.165, 1.54) is 0 Å². The Kier molecular flexibility index (Phi) is 6.17. The number of fused-ring (bicyclic) bond motifs is 1. The van der Waals surface area contributed by atoms with Gasteiger partial charge in [-0.1, -0.05) is 42.5 Å². The lowest BCUT2D eigenvalue weighted by Crippen LogP contribution is -2.43. The predicted octanol–water partition coefficient (Wildman–Crippen LogP) is 2.98. The molecule has 150 valence electrons. The number of para-hydroxylation sites is 1. The quantitative estimate of drug-likeness (QED) is 0.611. The van der Waals surface area contributed by atoms with Gasteiger partial charge in [-0.05, 0) is 42.8 Å². The van der Waals surface area contributed by atoms with Crippen molar-refractivity contribution in [1.82, 2.24) is 20.2 Å². The number of rotatable bonds is 6. The lowest BCUT2D eigenvalue weighted by atomic mass is 10.2. The van der Waals surface area contributed by atoms with Gasteiger partial charge >= 0.3 is 0 Å². The maximum atomic E-state index is 12.4. The Morgan fingerprint density at radius 2 is 2.00 bits per heavy atom. The van der Waals surface area contributed by atoms with E-state index in [0.717, 1.165) is 25.0 Å². The highest BCUT2D eigenvalue weighted by molar-refractivity contribution is 7.80. The summed E-state index contributed by atoms with van der Waals surface area (Å²) in [6.45, 7) is 2.51. The first-order chi connectivity index (χ1) is 14.2. The average molecular weight is 409 g/mol. The van der Waals surface area contributed by atoms with Gasteiger partial charge in [0.2, 0.25) is 0 Å². The number of ether oxygens (including phenoxy) is 1. The minimum atomic E-state index is -0.133. The van der Waals surface area contributed by atoms with Crippen molar-refractivity contribution >= 4 is 28.2 Å². The summed E-state index contributed by atoms with van der Waals surface area (Å²) in [5.41, 5.74) is 1.71. The van der Waals surface area contributed by atoms with E-state index >= 15 is 0 Å². The molecule has 1 aromatic heterocycles. The largest absolute Gasteiger partial charge is 0.376 e. The van der Waals surface area contributed by atoms with Crippen molar-refractivity contribution in [2.45, 2.75) is 32.0 Å². The Labute approximate surface area is 174 Å². The summed E-state index contributed by atoms with van der Waals surface area (Å²) in [4.78, 5) is 22.0. The molecule has 0 saturated carbocycles. The number of benzene rings is 2. The predicted molar refractivity (Wildman–Crippen MR) is 118 cm³/mol. The molecule has 0 unspecified atom stereocenters. The molecule has 2 aromatic carbocycles. The van der Waals surface area contributed by atoms with Crippen LogP contribution < -0.4 is 10.9 Å². The zero-order valence-electron chi connectivity index (χ0n) is 16.1. The van der Waals surface area contributed by atoms with Crippen LogP contribution in [0.1, 0.15) is 24.2 Å². The molecule has 0 radical (unpaired) electrons. The number of nitrogens with one attached hydrogen (secondary N) is 2. The highest BCUT2D eigenvalue weighted by Gasteiger charge is 2.22. The summed E-state index contributed by atoms with van der Waals surface area (Å²) in [5, 5.41) is 4.54. The van der Waals surface area contributed by atoms with Crippen LogP contribution in [0.3, 0.4) is 0 Å². The molecule has 0 aliphatic carbocycles. The summed E-state index contributed by atoms with van der Waals surface area (Å²) in [7, 11) is 0. The van der Waals surface area contributed by atoms with Gasteiger partial charge in [-0.25, -0.2) is 4.98 Å². The van der Waals surface area contributed by atoms with Gasteiger partial charge in [0, 0.05) is 19.7 Å². The topological polar surface area (TPSA) is 70.2 Å². The second-order valence-electron chi connectivity index (χ2n) is 7.19. The fraction of sp³-hybridized carbons (Fsp3) is 0.318. The van der Waals surface area contributed by atoms with Crippen LogP contribution in [0.2, 0.25) is 0 Å². The third kappa shape index (κ3) is 4.99. The molecular weight excluding hydrogens is 384 g/mol. The Morgan fingerprint density at radius 1 is 1.21 bits per heavy atom. The Balaban J connectivity index is 1.51. The lowest BCUT2D eigenvalue weighted by Gasteiger charge is -2.28. The molecule has 29 heavy (non-hydrogen) atoms. The Hall–Kier alpha value is -2.77. The number of H-pyrrole nitrogens is 1. The van der Waals surface area contributed by atoms with Gasteiger partial charge in [0.25, 0.3) is 5.56 Å². The first kappa shape index (κ1) is 19.5. The van der Waals surface area contributed by atoms with Crippen LogP contribution in [0.5, 0.6) is 0 Å². The van der Waals surface area contributed by atoms with Crippen molar-refractivity contribution < 1.29 is 4.74 Å². The minimum absolute atomic E-state index is 0.133. The van der Waals surface area contributed by atoms with E-state index in [-0.39, 0.29) is 11.7 Å². The van der Waals surface area contributed by atoms with Crippen molar-refractivity contribution in [2.75, 3.05) is 13.2 Å². The van der Waals surface area contributed by atoms with Crippen LogP contribution in [0.25, 0.3) is 10.9 Å². The molecule has 1 fully saturated rings. The zero-order chi connectivity index (χ0) is 20.1. The monoisotopic (exact) mass is 408 g/mol. The fourth-order valence-corrected chi connectivity index (χ4v) is 3.74. The van der Waals surface area contributed by atoms with E-state index in [1.54, 1.807) is 6.07 Å². The van der Waals surface area contributed by atoms with Crippen LogP contribution in [0.4, 0.5) is 0 Å². The molecule has 1 atom stereocenters. The number of thiocarbonyl (C=S) groups is 1. The number of hydrogen-bond acceptors (Lipinski definition) is 4. The van der Waals surface area contributed by atoms with E-state index in [1.807, 2.05) is 41.3 Å². The molecule has 2 N–H and O–H groups in total. The first-order valence-electron chi connectivity index (χ1n) is 9.85. The van der Waals surface area contributed by atoms with Gasteiger partial charge in [-0.2, -0.15) is 0 Å². The molecule has 3 aromatic rings. The molecule has 1 aliphatic heterocycles. The van der Waals surface area contributed by atoms with Gasteiger partial charge in [0.1, 0.15) is 5.82 Å². The van der Waals surface area contributed by atoms with Gasteiger partial charge in [0.05, 0.1) is 23.6 Å². The van der Waals surface area contributed by atoms with E-state index in [9.17, 15) is 4.79 Å². The van der Waals surface area contributed by atoms with Crippen LogP contribution in [-0.4, -0.2) is 39.2 Å². The first-order valence-corrected chi connectivity index (χ1v) is 10.3. The third-order valence-corrected chi connectivity index (χ3v) is 5.43. The number of aromatic amines is 1. The maximum absolute atomic E-state index is 12.4. The van der Waals surface area contributed by atoms with Crippen LogP contribution in [0.15, 0.2) is 59.4 Å². The normalized spacial score (nSPS) is 16.1. The summed E-state index contributed by atoms with van der Waals surface area (Å²) in [5.74, 6) is 0.593. The smallest absolute Gasteiger partial charge is 0.258 e. The highest BCUT2D eigenvalue weighted by Crippen LogP contribution is 2.15. The molecule has 0 bridgehead atoms. The summed E-state index contributed by atoms with van der Waals surface area (Å²) < 4.78 is 5.81. The van der Waals surface area contributed by atoms with Gasteiger partial charge in [-0.15, -0.1) is 0 Å². The minimum Gasteiger partial charge on any atom is -0.376 e. The number of aromatic nitrogens is 2. The van der Waals surface area contributed by atoms with E-state index in [4.69, 9.17) is 17.0 Å². The van der Waals surface area contributed by atoms with Crippen LogP contribution in [-0.2, 0) is 17.8 Å². The summed E-state index contributed by atoms with van der Waals surface area (Å²) in [6.07, 6.45) is 2.21. The van der Waals surface area contributed by atoms with Crippen molar-refractivity contribution in [3.63, 3.8) is 0 Å². The highest BCUT2D eigenvalue weighted by atomic mass is 32.1. The molecule has 1 aliphatic rings. The molecule has 0 spiro atoms.